The average Bonchev–Trinajstić information content (AvgIpc) is 3.60. The Morgan fingerprint density at radius 1 is 1.00 bits per heavy atom. The maximum atomic E-state index is 14.0. The fourth-order valence-electron chi connectivity index (χ4n) is 7.19. The second-order valence-electron chi connectivity index (χ2n) is 11.5. The van der Waals surface area contributed by atoms with E-state index < -0.39 is 17.1 Å². The summed E-state index contributed by atoms with van der Waals surface area (Å²) in [6, 6.07) is 9.09. The number of piperidine rings is 1. The molecule has 2 N–H and O–H groups in total. The van der Waals surface area contributed by atoms with Crippen molar-refractivity contribution < 1.29 is 24.6 Å². The number of aromatic nitrogens is 2. The van der Waals surface area contributed by atoms with Gasteiger partial charge in [0.2, 0.25) is 5.91 Å². The zero-order chi connectivity index (χ0) is 27.2. The summed E-state index contributed by atoms with van der Waals surface area (Å²) in [5.74, 6) is 0.793. The summed E-state index contributed by atoms with van der Waals surface area (Å²) in [5, 5.41) is 21.8. The monoisotopic (exact) mass is 536 g/mol. The van der Waals surface area contributed by atoms with Crippen LogP contribution in [0.15, 0.2) is 42.7 Å². The highest BCUT2D eigenvalue weighted by Crippen LogP contribution is 2.51. The number of aliphatic hydroxyl groups is 1. The third kappa shape index (κ3) is 4.52. The van der Waals surface area contributed by atoms with E-state index in [0.29, 0.717) is 32.6 Å². The molecule has 2 saturated heterocycles. The van der Waals surface area contributed by atoms with Crippen LogP contribution < -0.4 is 0 Å². The van der Waals surface area contributed by atoms with Crippen molar-refractivity contribution in [1.29, 1.82) is 0 Å². The van der Waals surface area contributed by atoms with Crippen LogP contribution in [0.2, 0.25) is 0 Å². The highest BCUT2D eigenvalue weighted by molar-refractivity contribution is 5.77. The Bertz CT molecular complexity index is 1240. The van der Waals surface area contributed by atoms with Crippen molar-refractivity contribution >= 4 is 18.0 Å². The quantitative estimate of drug-likeness (QED) is 0.621. The minimum absolute atomic E-state index is 0.0254. The predicted octanol–water partition coefficient (Wildman–Crippen LogP) is 2.38. The molecule has 1 aromatic heterocycles. The van der Waals surface area contributed by atoms with Crippen molar-refractivity contribution in [2.24, 2.45) is 5.41 Å². The van der Waals surface area contributed by atoms with Crippen molar-refractivity contribution in [2.75, 3.05) is 39.3 Å². The Kier molecular flexibility index (Phi) is 6.49. The van der Waals surface area contributed by atoms with Crippen LogP contribution in [0.25, 0.3) is 0 Å². The zero-order valence-corrected chi connectivity index (χ0v) is 22.1. The molecule has 1 aromatic carbocycles. The number of benzene rings is 1. The number of hydrogen-bond acceptors (Lipinski definition) is 5. The second-order valence-corrected chi connectivity index (χ2v) is 11.5. The van der Waals surface area contributed by atoms with Gasteiger partial charge in [0.05, 0.1) is 24.7 Å². The number of hydrogen-bond donors (Lipinski definition) is 2. The van der Waals surface area contributed by atoms with Crippen LogP contribution in [-0.4, -0.2) is 102 Å². The van der Waals surface area contributed by atoms with Gasteiger partial charge in [-0.05, 0) is 24.8 Å². The van der Waals surface area contributed by atoms with E-state index in [1.54, 1.807) is 22.2 Å². The smallest absolute Gasteiger partial charge is 0.407 e. The Balaban J connectivity index is 1.22. The van der Waals surface area contributed by atoms with Crippen LogP contribution in [0.3, 0.4) is 0 Å². The topological polar surface area (TPSA) is 122 Å². The number of carbonyl (C=O) groups is 3. The largest absolute Gasteiger partial charge is 0.465 e. The summed E-state index contributed by atoms with van der Waals surface area (Å²) in [4.78, 5) is 49.9. The maximum Gasteiger partial charge on any atom is 0.407 e. The van der Waals surface area contributed by atoms with Gasteiger partial charge in [-0.3, -0.25) is 4.79 Å². The van der Waals surface area contributed by atoms with E-state index in [1.165, 1.54) is 4.90 Å². The van der Waals surface area contributed by atoms with Crippen molar-refractivity contribution in [3.05, 3.63) is 54.1 Å². The number of nitrogens with zero attached hydrogens (tertiary/aromatic N) is 6. The number of rotatable bonds is 3. The van der Waals surface area contributed by atoms with Crippen molar-refractivity contribution in [3.63, 3.8) is 0 Å². The van der Waals surface area contributed by atoms with Crippen LogP contribution in [0.4, 0.5) is 9.59 Å². The molecule has 1 spiro atoms. The number of likely N-dealkylation sites (tertiary alicyclic amines) is 1. The third-order valence-electron chi connectivity index (χ3n) is 9.43. The SMILES string of the molecule is O=C(O)N1CCN(C(=O)N2CCC(O)(CN3Cc4nccn4CC3=O)C3(CCCC3)C2)[C@H](c2ccccc2)C1. The van der Waals surface area contributed by atoms with Gasteiger partial charge in [-0.1, -0.05) is 43.2 Å². The number of carboxylic acid groups (broad SMARTS) is 1. The first-order valence-electron chi connectivity index (χ1n) is 13.9. The van der Waals surface area contributed by atoms with Gasteiger partial charge in [0.15, 0.2) is 0 Å². The summed E-state index contributed by atoms with van der Waals surface area (Å²) >= 11 is 0. The Labute approximate surface area is 227 Å². The van der Waals surface area contributed by atoms with Crippen molar-refractivity contribution in [2.45, 2.75) is 56.8 Å². The molecule has 2 aromatic rings. The summed E-state index contributed by atoms with van der Waals surface area (Å²) in [6.07, 6.45) is 6.48. The summed E-state index contributed by atoms with van der Waals surface area (Å²) in [7, 11) is 0. The summed E-state index contributed by atoms with van der Waals surface area (Å²) < 4.78 is 1.85. The number of piperazine rings is 1. The average molecular weight is 537 g/mol. The molecule has 39 heavy (non-hydrogen) atoms. The third-order valence-corrected chi connectivity index (χ3v) is 9.43. The molecule has 4 amide bonds. The van der Waals surface area contributed by atoms with Crippen LogP contribution in [0, 0.1) is 5.41 Å². The lowest BCUT2D eigenvalue weighted by molar-refractivity contribution is -0.159. The highest BCUT2D eigenvalue weighted by atomic mass is 16.4. The first-order valence-corrected chi connectivity index (χ1v) is 13.9. The zero-order valence-electron chi connectivity index (χ0n) is 22.1. The van der Waals surface area contributed by atoms with Gasteiger partial charge in [0.25, 0.3) is 0 Å². The minimum atomic E-state index is -1.09. The molecule has 4 heterocycles. The molecule has 11 nitrogen and oxygen atoms in total. The van der Waals surface area contributed by atoms with E-state index in [-0.39, 0.29) is 44.2 Å². The normalized spacial score (nSPS) is 26.7. The lowest BCUT2D eigenvalue weighted by atomic mass is 9.65. The van der Waals surface area contributed by atoms with Gasteiger partial charge in [0, 0.05) is 50.5 Å². The number of carbonyl (C=O) groups excluding carboxylic acids is 2. The molecule has 3 aliphatic heterocycles. The van der Waals surface area contributed by atoms with Crippen LogP contribution in [0.5, 0.6) is 0 Å². The molecular weight excluding hydrogens is 500 g/mol. The Morgan fingerprint density at radius 3 is 2.51 bits per heavy atom. The molecule has 0 bridgehead atoms. The van der Waals surface area contributed by atoms with E-state index >= 15 is 0 Å². The Hall–Kier alpha value is -3.60. The van der Waals surface area contributed by atoms with Crippen molar-refractivity contribution in [1.82, 2.24) is 29.2 Å². The standard InChI is InChI=1S/C28H36N6O5/c35-24-18-30-13-11-29-23(30)17-33(24)20-28(39)10-12-32(19-27(28)8-4-5-9-27)25(36)34-15-14-31(26(37)38)16-22(34)21-6-2-1-3-7-21/h1-3,6-7,11,13,22,39H,4-5,8-10,12,14-20H2,(H,37,38)/t22-,28?/m0/s1. The summed E-state index contributed by atoms with van der Waals surface area (Å²) in [6.45, 7) is 2.46. The predicted molar refractivity (Wildman–Crippen MR) is 141 cm³/mol. The van der Waals surface area contributed by atoms with E-state index in [4.69, 9.17) is 0 Å². The van der Waals surface area contributed by atoms with Crippen LogP contribution in [-0.2, 0) is 17.9 Å². The number of urea groups is 1. The molecule has 1 unspecified atom stereocenters. The van der Waals surface area contributed by atoms with Gasteiger partial charge in [-0.2, -0.15) is 0 Å². The lowest BCUT2D eigenvalue weighted by Gasteiger charge is -2.54. The maximum absolute atomic E-state index is 14.0. The van der Waals surface area contributed by atoms with Gasteiger partial charge < -0.3 is 34.4 Å². The van der Waals surface area contributed by atoms with Crippen LogP contribution >= 0.6 is 0 Å². The molecular formula is C28H36N6O5. The fraction of sp³-hybridized carbons (Fsp3) is 0.571. The van der Waals surface area contributed by atoms with E-state index in [0.717, 1.165) is 37.1 Å². The number of imidazole rings is 1. The molecule has 1 aliphatic carbocycles. The fourth-order valence-corrected chi connectivity index (χ4v) is 7.19. The molecule has 4 aliphatic rings. The molecule has 2 atom stereocenters. The van der Waals surface area contributed by atoms with E-state index in [9.17, 15) is 24.6 Å². The number of amides is 4. The van der Waals surface area contributed by atoms with Gasteiger partial charge in [-0.15, -0.1) is 0 Å². The molecule has 0 radical (unpaired) electrons. The van der Waals surface area contributed by atoms with E-state index in [2.05, 4.69) is 4.98 Å². The van der Waals surface area contributed by atoms with Crippen LogP contribution in [0.1, 0.15) is 49.5 Å². The first kappa shape index (κ1) is 25.7. The first-order chi connectivity index (χ1) is 18.8. The van der Waals surface area contributed by atoms with Gasteiger partial charge in [-0.25, -0.2) is 14.6 Å². The molecule has 6 rings (SSSR count). The molecule has 3 fully saturated rings. The van der Waals surface area contributed by atoms with Gasteiger partial charge >= 0.3 is 12.1 Å². The second kappa shape index (κ2) is 9.86. The van der Waals surface area contributed by atoms with Crippen molar-refractivity contribution in [3.8, 4) is 0 Å². The Morgan fingerprint density at radius 2 is 1.77 bits per heavy atom. The highest BCUT2D eigenvalue weighted by Gasteiger charge is 2.57. The van der Waals surface area contributed by atoms with E-state index in [1.807, 2.05) is 39.8 Å². The number of β-amino-alcohol motifs (C(OH)–C–C–N with tert-alkyl or cyclic N) is 1. The van der Waals surface area contributed by atoms with Gasteiger partial charge in [0.1, 0.15) is 12.4 Å². The lowest BCUT2D eigenvalue weighted by Crippen LogP contribution is -2.66. The molecule has 1 saturated carbocycles. The molecule has 208 valence electrons. The molecule has 11 heteroatoms. The summed E-state index contributed by atoms with van der Waals surface area (Å²) in [5.41, 5.74) is -0.673. The minimum Gasteiger partial charge on any atom is -0.465 e. The number of fused-ring (bicyclic) bond motifs is 1.